The molecule has 4 rings (SSSR count). The fourth-order valence-corrected chi connectivity index (χ4v) is 3.44. The van der Waals surface area contributed by atoms with E-state index in [1.54, 1.807) is 4.68 Å². The quantitative estimate of drug-likeness (QED) is 0.434. The molecule has 31 heavy (non-hydrogen) atoms. The molecule has 0 saturated carbocycles. The number of rotatable bonds is 8. The lowest BCUT2D eigenvalue weighted by Crippen LogP contribution is -2.26. The average Bonchev–Trinajstić information content (AvgIpc) is 3.22. The number of carbonyl (C=O) groups is 1. The van der Waals surface area contributed by atoms with E-state index in [0.717, 1.165) is 29.9 Å². The molecule has 0 atom stereocenters. The van der Waals surface area contributed by atoms with E-state index in [1.807, 2.05) is 67.6 Å². The van der Waals surface area contributed by atoms with Crippen molar-refractivity contribution in [1.82, 2.24) is 20.1 Å². The van der Waals surface area contributed by atoms with Crippen LogP contribution < -0.4 is 5.32 Å². The third-order valence-electron chi connectivity index (χ3n) is 5.13. The van der Waals surface area contributed by atoms with Gasteiger partial charge in [0.15, 0.2) is 0 Å². The lowest BCUT2D eigenvalue weighted by Gasteiger charge is -2.06. The summed E-state index contributed by atoms with van der Waals surface area (Å²) in [5, 5.41) is 7.49. The van der Waals surface area contributed by atoms with Crippen LogP contribution in [0, 0.1) is 6.92 Å². The Balaban J connectivity index is 1.48. The molecule has 0 bridgehead atoms. The van der Waals surface area contributed by atoms with Crippen molar-refractivity contribution in [3.05, 3.63) is 113 Å². The first-order valence-corrected chi connectivity index (χ1v) is 10.6. The zero-order valence-corrected chi connectivity index (χ0v) is 17.7. The van der Waals surface area contributed by atoms with Gasteiger partial charge in [-0.05, 0) is 43.0 Å². The number of amides is 1. The first-order valence-electron chi connectivity index (χ1n) is 10.6. The van der Waals surface area contributed by atoms with Gasteiger partial charge in [-0.25, -0.2) is 9.67 Å². The molecule has 1 heterocycles. The number of benzene rings is 3. The van der Waals surface area contributed by atoms with Gasteiger partial charge in [-0.2, -0.15) is 0 Å². The Morgan fingerprint density at radius 3 is 2.19 bits per heavy atom. The highest BCUT2D eigenvalue weighted by atomic mass is 16.2. The van der Waals surface area contributed by atoms with Crippen LogP contribution in [0.4, 0.5) is 0 Å². The highest BCUT2D eigenvalue weighted by molar-refractivity contribution is 5.90. The van der Waals surface area contributed by atoms with Gasteiger partial charge in [0.05, 0.1) is 5.69 Å². The van der Waals surface area contributed by atoms with E-state index in [4.69, 9.17) is 0 Å². The van der Waals surface area contributed by atoms with Gasteiger partial charge in [0.25, 0.3) is 5.91 Å². The van der Waals surface area contributed by atoms with E-state index < -0.39 is 0 Å². The summed E-state index contributed by atoms with van der Waals surface area (Å²) in [5.41, 5.74) is 4.46. The Kier molecular flexibility index (Phi) is 6.53. The number of hydrogen-bond donors (Lipinski definition) is 1. The molecule has 0 aliphatic heterocycles. The first-order chi connectivity index (χ1) is 15.2. The van der Waals surface area contributed by atoms with Crippen LogP contribution in [0.5, 0.6) is 0 Å². The molecule has 0 aliphatic rings. The molecule has 156 valence electrons. The third-order valence-corrected chi connectivity index (χ3v) is 5.13. The van der Waals surface area contributed by atoms with Crippen LogP contribution in [0.15, 0.2) is 84.9 Å². The monoisotopic (exact) mass is 410 g/mol. The van der Waals surface area contributed by atoms with Crippen LogP contribution >= 0.6 is 0 Å². The second kappa shape index (κ2) is 9.85. The van der Waals surface area contributed by atoms with Crippen LogP contribution in [0.2, 0.25) is 0 Å². The van der Waals surface area contributed by atoms with Crippen molar-refractivity contribution < 1.29 is 4.79 Å². The van der Waals surface area contributed by atoms with Crippen molar-refractivity contribution in [3.8, 4) is 5.69 Å². The topological polar surface area (TPSA) is 59.8 Å². The Morgan fingerprint density at radius 1 is 0.871 bits per heavy atom. The van der Waals surface area contributed by atoms with Gasteiger partial charge in [-0.15, -0.1) is 5.10 Å². The molecule has 3 aromatic carbocycles. The smallest absolute Gasteiger partial charge is 0.290 e. The van der Waals surface area contributed by atoms with Gasteiger partial charge in [0.1, 0.15) is 5.82 Å². The molecule has 0 saturated heterocycles. The summed E-state index contributed by atoms with van der Waals surface area (Å²) >= 11 is 0. The molecule has 0 fully saturated rings. The average molecular weight is 411 g/mol. The zero-order valence-electron chi connectivity index (χ0n) is 17.7. The second-order valence-electron chi connectivity index (χ2n) is 7.61. The van der Waals surface area contributed by atoms with E-state index in [9.17, 15) is 4.79 Å². The lowest BCUT2D eigenvalue weighted by molar-refractivity contribution is 0.0943. The maximum Gasteiger partial charge on any atom is 0.290 e. The molecule has 5 heteroatoms. The summed E-state index contributed by atoms with van der Waals surface area (Å²) in [6.45, 7) is 2.63. The highest BCUT2D eigenvalue weighted by Gasteiger charge is 2.17. The normalized spacial score (nSPS) is 10.7. The summed E-state index contributed by atoms with van der Waals surface area (Å²) in [7, 11) is 0. The van der Waals surface area contributed by atoms with Crippen LogP contribution in [-0.2, 0) is 12.8 Å². The molecular formula is C26H26N4O. The first kappa shape index (κ1) is 20.5. The molecule has 4 aromatic rings. The molecule has 0 unspecified atom stereocenters. The maximum atomic E-state index is 12.7. The van der Waals surface area contributed by atoms with Gasteiger partial charge < -0.3 is 5.32 Å². The highest BCUT2D eigenvalue weighted by Crippen LogP contribution is 2.15. The van der Waals surface area contributed by atoms with Crippen LogP contribution in [0.1, 0.15) is 39.6 Å². The molecule has 1 amide bonds. The van der Waals surface area contributed by atoms with E-state index >= 15 is 0 Å². The van der Waals surface area contributed by atoms with Gasteiger partial charge in [0, 0.05) is 13.0 Å². The van der Waals surface area contributed by atoms with Gasteiger partial charge in [0.2, 0.25) is 5.82 Å². The molecule has 0 radical (unpaired) electrons. The Morgan fingerprint density at radius 2 is 1.52 bits per heavy atom. The van der Waals surface area contributed by atoms with Crippen molar-refractivity contribution >= 4 is 5.91 Å². The summed E-state index contributed by atoms with van der Waals surface area (Å²) in [6.07, 6.45) is 2.39. The van der Waals surface area contributed by atoms with Crippen molar-refractivity contribution in [2.24, 2.45) is 0 Å². The minimum absolute atomic E-state index is 0.200. The largest absolute Gasteiger partial charge is 0.349 e. The molecular weight excluding hydrogens is 384 g/mol. The molecule has 1 aromatic heterocycles. The van der Waals surface area contributed by atoms with E-state index in [-0.39, 0.29) is 11.7 Å². The van der Waals surface area contributed by atoms with Crippen LogP contribution in [-0.4, -0.2) is 27.2 Å². The predicted octanol–water partition coefficient (Wildman–Crippen LogP) is 4.53. The SMILES string of the molecule is Cc1ccc(-n2nc(C(=O)NCCCc3ccccc3)nc2Cc2ccccc2)cc1. The molecule has 5 nitrogen and oxygen atoms in total. The third kappa shape index (κ3) is 5.45. The lowest BCUT2D eigenvalue weighted by atomic mass is 10.1. The number of aromatic nitrogens is 3. The molecule has 1 N–H and O–H groups in total. The molecule has 0 aliphatic carbocycles. The Hall–Kier alpha value is -3.73. The second-order valence-corrected chi connectivity index (χ2v) is 7.61. The number of aryl methyl sites for hydroxylation is 2. The van der Waals surface area contributed by atoms with Crippen LogP contribution in [0.25, 0.3) is 5.69 Å². The number of nitrogens with one attached hydrogen (secondary N) is 1. The predicted molar refractivity (Wildman–Crippen MR) is 122 cm³/mol. The number of carbonyl (C=O) groups excluding carboxylic acids is 1. The zero-order chi connectivity index (χ0) is 21.5. The fraction of sp³-hybridized carbons (Fsp3) is 0.192. The van der Waals surface area contributed by atoms with Crippen molar-refractivity contribution in [2.45, 2.75) is 26.2 Å². The number of nitrogens with zero attached hydrogens (tertiary/aromatic N) is 3. The molecule has 0 spiro atoms. The van der Waals surface area contributed by atoms with Crippen LogP contribution in [0.3, 0.4) is 0 Å². The minimum Gasteiger partial charge on any atom is -0.349 e. The standard InChI is InChI=1S/C26H26N4O/c1-20-14-16-23(17-15-20)30-24(19-22-11-6-3-7-12-22)28-25(29-30)26(31)27-18-8-13-21-9-4-2-5-10-21/h2-7,9-12,14-17H,8,13,18-19H2,1H3,(H,27,31). The maximum absolute atomic E-state index is 12.7. The van der Waals surface area contributed by atoms with E-state index in [1.165, 1.54) is 11.1 Å². The summed E-state index contributed by atoms with van der Waals surface area (Å²) in [4.78, 5) is 17.3. The van der Waals surface area contributed by atoms with Crippen molar-refractivity contribution in [3.63, 3.8) is 0 Å². The summed E-state index contributed by atoms with van der Waals surface area (Å²) in [6, 6.07) is 28.4. The Bertz CT molecular complexity index is 1120. The summed E-state index contributed by atoms with van der Waals surface area (Å²) in [5.74, 6) is 0.698. The van der Waals surface area contributed by atoms with Crippen molar-refractivity contribution in [1.29, 1.82) is 0 Å². The minimum atomic E-state index is -0.242. The van der Waals surface area contributed by atoms with Gasteiger partial charge in [-0.1, -0.05) is 78.4 Å². The van der Waals surface area contributed by atoms with Crippen molar-refractivity contribution in [2.75, 3.05) is 6.54 Å². The van der Waals surface area contributed by atoms with Gasteiger partial charge >= 0.3 is 0 Å². The van der Waals surface area contributed by atoms with E-state index in [0.29, 0.717) is 13.0 Å². The Labute approximate surface area is 182 Å². The van der Waals surface area contributed by atoms with E-state index in [2.05, 4.69) is 39.7 Å². The number of hydrogen-bond acceptors (Lipinski definition) is 3. The fourth-order valence-electron chi connectivity index (χ4n) is 3.44. The summed E-state index contributed by atoms with van der Waals surface area (Å²) < 4.78 is 1.77. The van der Waals surface area contributed by atoms with Gasteiger partial charge in [-0.3, -0.25) is 4.79 Å².